The van der Waals surface area contributed by atoms with Crippen molar-refractivity contribution in [3.05, 3.63) is 165 Å². The smallest absolute Gasteiger partial charge is 0.275 e. The highest BCUT2D eigenvalue weighted by molar-refractivity contribution is 5.92. The Morgan fingerprint density at radius 3 is 1.52 bits per heavy atom. The summed E-state index contributed by atoms with van der Waals surface area (Å²) in [5.74, 6) is -2.27. The average molecular weight is 899 g/mol. The van der Waals surface area contributed by atoms with E-state index in [1.54, 1.807) is 18.2 Å². The van der Waals surface area contributed by atoms with Crippen LogP contribution >= 0.6 is 0 Å². The summed E-state index contributed by atoms with van der Waals surface area (Å²) in [6.07, 6.45) is 4.02. The number of aromatic nitrogens is 2. The third kappa shape index (κ3) is 16.7. The Bertz CT molecular complexity index is 2590. The molecule has 344 valence electrons. The number of hydrogen-bond acceptors (Lipinski definition) is 10. The number of carbonyl (C=O) groups excluding carboxylic acids is 8. The first kappa shape index (κ1) is 50.8. The maximum atomic E-state index is 13.3. The number of benzene rings is 3. The van der Waals surface area contributed by atoms with Gasteiger partial charge in [0.15, 0.2) is 0 Å². The van der Waals surface area contributed by atoms with E-state index in [1.165, 1.54) is 37.6 Å². The van der Waals surface area contributed by atoms with Gasteiger partial charge in [0, 0.05) is 44.0 Å². The van der Waals surface area contributed by atoms with Crippen molar-refractivity contribution >= 4 is 59.1 Å². The van der Waals surface area contributed by atoms with Gasteiger partial charge in [0.2, 0.25) is 23.6 Å². The quantitative estimate of drug-likeness (QED) is 0.0720. The zero-order valence-electron chi connectivity index (χ0n) is 37.1. The van der Waals surface area contributed by atoms with Crippen LogP contribution < -0.4 is 32.4 Å². The number of carbonyl (C=O) groups is 8. The van der Waals surface area contributed by atoms with Crippen LogP contribution in [0, 0.1) is 0 Å². The van der Waals surface area contributed by atoms with Gasteiger partial charge in [-0.25, -0.2) is 0 Å². The van der Waals surface area contributed by atoms with E-state index < -0.39 is 41.1 Å². The van der Waals surface area contributed by atoms with Crippen molar-refractivity contribution in [1.29, 1.82) is 0 Å². The number of aldehydes is 2. The van der Waals surface area contributed by atoms with Crippen LogP contribution in [0.15, 0.2) is 131 Å². The highest BCUT2D eigenvalue weighted by Gasteiger charge is 2.22. The molecule has 2 aromatic heterocycles. The predicted molar refractivity (Wildman–Crippen MR) is 249 cm³/mol. The molecule has 4 amide bonds. The second kappa shape index (κ2) is 26.0. The summed E-state index contributed by atoms with van der Waals surface area (Å²) in [5, 5.41) is 10.2. The molecule has 3 atom stereocenters. The second-order valence-electron chi connectivity index (χ2n) is 15.5. The first-order valence-corrected chi connectivity index (χ1v) is 21.3. The van der Waals surface area contributed by atoms with E-state index in [9.17, 15) is 47.9 Å². The molecule has 2 heterocycles. The number of ketones is 2. The van der Waals surface area contributed by atoms with E-state index in [-0.39, 0.29) is 67.0 Å². The molecule has 16 nitrogen and oxygen atoms in total. The van der Waals surface area contributed by atoms with Gasteiger partial charge in [0.25, 0.3) is 11.1 Å². The Kier molecular flexibility index (Phi) is 20.0. The minimum Gasteiger partial charge on any atom is -0.345 e. The minimum atomic E-state index is -0.968. The maximum Gasteiger partial charge on any atom is 0.275 e. The van der Waals surface area contributed by atoms with Crippen LogP contribution in [0.25, 0.3) is 0 Å². The lowest BCUT2D eigenvalue weighted by molar-refractivity contribution is -0.127. The molecule has 0 saturated heterocycles. The van der Waals surface area contributed by atoms with Crippen LogP contribution in [-0.2, 0) is 64.2 Å². The summed E-state index contributed by atoms with van der Waals surface area (Å²) in [4.78, 5) is 121. The van der Waals surface area contributed by atoms with Crippen LogP contribution in [0.3, 0.4) is 0 Å². The van der Waals surface area contributed by atoms with E-state index in [4.69, 9.17) is 0 Å². The molecule has 3 aromatic carbocycles. The van der Waals surface area contributed by atoms with Crippen molar-refractivity contribution < 1.29 is 38.4 Å². The van der Waals surface area contributed by atoms with Gasteiger partial charge < -0.3 is 40.0 Å². The molecule has 0 bridgehead atoms. The number of aryl methyl sites for hydroxylation is 2. The number of Topliss-reactive ketones (excluding diaryl/α,β-unsaturated/α-hetero) is 2. The van der Waals surface area contributed by atoms with Gasteiger partial charge in [0.1, 0.15) is 48.1 Å². The molecule has 0 saturated carbocycles. The van der Waals surface area contributed by atoms with Crippen LogP contribution in [0.2, 0.25) is 0 Å². The molecular formula is C50H54N6O10. The molecule has 0 aliphatic rings. The molecule has 0 aliphatic carbocycles. The minimum absolute atomic E-state index is 0.0610. The van der Waals surface area contributed by atoms with Gasteiger partial charge in [-0.2, -0.15) is 0 Å². The first-order valence-electron chi connectivity index (χ1n) is 21.3. The van der Waals surface area contributed by atoms with Crippen molar-refractivity contribution in [2.24, 2.45) is 0 Å². The molecule has 4 N–H and O–H groups in total. The predicted octanol–water partition coefficient (Wildman–Crippen LogP) is 4.32. The summed E-state index contributed by atoms with van der Waals surface area (Å²) >= 11 is 0. The lowest BCUT2D eigenvalue weighted by Crippen LogP contribution is -2.42. The topological polar surface area (TPSA) is 229 Å². The van der Waals surface area contributed by atoms with Crippen LogP contribution in [0.1, 0.15) is 74.9 Å². The standard InChI is InChI=1S/C28H29N3O5.C22H25N3O5/c1-20(33)16-23(19-32)29-27(35)18-31-24(17-22-10-6-3-7-11-22)13-14-25(28(31)36)30-26(34)15-12-21-8-4-2-5-9-21;1-15(27)13-18(14-26)23-21(29)16(2)25-12-6-9-19(22(25)30)24-20(28)11-10-17-7-4-3-5-8-17/h2-11,13-14,19,23H,12,15-18H2,1H3,(H,29,35)(H,30,34);3-9,12,14,16,18H,10-11,13H2,1-2H3,(H,23,29)(H,24,28)/t23-;16-,18-/m00/s1. The fourth-order valence-electron chi connectivity index (χ4n) is 6.70. The Morgan fingerprint density at radius 2 is 1.03 bits per heavy atom. The molecule has 5 aromatic rings. The van der Waals surface area contributed by atoms with Gasteiger partial charge in [-0.3, -0.25) is 38.4 Å². The number of anilines is 2. The number of pyridine rings is 2. The Balaban J connectivity index is 0.000000294. The van der Waals surface area contributed by atoms with E-state index >= 15 is 0 Å². The first-order chi connectivity index (χ1) is 31.7. The molecule has 0 fully saturated rings. The number of nitrogens with zero attached hydrogens (tertiary/aromatic N) is 2. The van der Waals surface area contributed by atoms with Gasteiger partial charge >= 0.3 is 0 Å². The fourth-order valence-corrected chi connectivity index (χ4v) is 6.70. The number of rotatable bonds is 22. The maximum absolute atomic E-state index is 13.3. The van der Waals surface area contributed by atoms with Crippen molar-refractivity contribution in [1.82, 2.24) is 19.8 Å². The van der Waals surface area contributed by atoms with Gasteiger partial charge in [-0.1, -0.05) is 91.0 Å². The summed E-state index contributed by atoms with van der Waals surface area (Å²) in [5.41, 5.74) is 2.59. The van der Waals surface area contributed by atoms with Crippen LogP contribution in [0.4, 0.5) is 11.4 Å². The highest BCUT2D eigenvalue weighted by atomic mass is 16.2. The highest BCUT2D eigenvalue weighted by Crippen LogP contribution is 2.13. The summed E-state index contributed by atoms with van der Waals surface area (Å²) < 4.78 is 2.45. The second-order valence-corrected chi connectivity index (χ2v) is 15.5. The Morgan fingerprint density at radius 1 is 0.561 bits per heavy atom. The molecule has 66 heavy (non-hydrogen) atoms. The van der Waals surface area contributed by atoms with Crippen LogP contribution in [0.5, 0.6) is 0 Å². The van der Waals surface area contributed by atoms with Crippen molar-refractivity contribution in [3.63, 3.8) is 0 Å². The fraction of sp³-hybridized carbons (Fsp3) is 0.280. The Labute approximate surface area is 381 Å². The normalized spacial score (nSPS) is 11.9. The number of amides is 4. The lowest BCUT2D eigenvalue weighted by Gasteiger charge is -2.18. The van der Waals surface area contributed by atoms with Gasteiger partial charge in [-0.15, -0.1) is 0 Å². The largest absolute Gasteiger partial charge is 0.345 e. The third-order valence-corrected chi connectivity index (χ3v) is 10.1. The van der Waals surface area contributed by atoms with Crippen molar-refractivity contribution in [3.8, 4) is 0 Å². The van der Waals surface area contributed by atoms with Gasteiger partial charge in [0.05, 0.1) is 12.1 Å². The molecule has 0 unspecified atom stereocenters. The zero-order valence-corrected chi connectivity index (χ0v) is 37.1. The molecule has 0 radical (unpaired) electrons. The van der Waals surface area contributed by atoms with Crippen molar-refractivity contribution in [2.75, 3.05) is 10.6 Å². The van der Waals surface area contributed by atoms with E-state index in [0.717, 1.165) is 21.3 Å². The molecule has 0 aliphatic heterocycles. The van der Waals surface area contributed by atoms with Crippen LogP contribution in [-0.4, -0.2) is 69.0 Å². The summed E-state index contributed by atoms with van der Waals surface area (Å²) in [6, 6.07) is 31.9. The summed E-state index contributed by atoms with van der Waals surface area (Å²) in [6.45, 7) is 3.78. The Hall–Kier alpha value is -7.88. The number of hydrogen-bond donors (Lipinski definition) is 4. The molecule has 5 rings (SSSR count). The van der Waals surface area contributed by atoms with Crippen molar-refractivity contribution in [2.45, 2.75) is 90.4 Å². The van der Waals surface area contributed by atoms with E-state index in [1.807, 2.05) is 91.0 Å². The molecule has 16 heteroatoms. The molecule has 0 spiro atoms. The molecular weight excluding hydrogens is 845 g/mol. The third-order valence-electron chi connectivity index (χ3n) is 10.1. The van der Waals surface area contributed by atoms with E-state index in [2.05, 4.69) is 21.3 Å². The zero-order chi connectivity index (χ0) is 48.0. The SMILES string of the molecule is CC(=O)C[C@@H](C=O)NC(=O)Cn1c(Cc2ccccc2)ccc(NC(=O)CCc2ccccc2)c1=O.CC(=O)C[C@@H](C=O)NC(=O)[C@H](C)n1cccc(NC(=O)CCc2ccccc2)c1=O. The lowest BCUT2D eigenvalue weighted by atomic mass is 10.1. The number of nitrogens with one attached hydrogen (secondary N) is 4. The average Bonchev–Trinajstić information content (AvgIpc) is 3.30. The van der Waals surface area contributed by atoms with Gasteiger partial charge in [-0.05, 0) is 74.6 Å². The monoisotopic (exact) mass is 898 g/mol. The van der Waals surface area contributed by atoms with E-state index in [0.29, 0.717) is 37.5 Å². The summed E-state index contributed by atoms with van der Waals surface area (Å²) in [7, 11) is 0.